The highest BCUT2D eigenvalue weighted by Crippen LogP contribution is 2.39. The van der Waals surface area contributed by atoms with Crippen LogP contribution in [0, 0.1) is 6.92 Å². The number of carboxylic acid groups (broad SMARTS) is 1. The zero-order chi connectivity index (χ0) is 30.4. The number of nitrogens with zero attached hydrogens (tertiary/aromatic N) is 2. The van der Waals surface area contributed by atoms with Gasteiger partial charge < -0.3 is 19.1 Å². The van der Waals surface area contributed by atoms with Gasteiger partial charge in [0.15, 0.2) is 0 Å². The van der Waals surface area contributed by atoms with E-state index >= 15 is 0 Å². The molecule has 1 aromatic heterocycles. The number of hydrogen-bond acceptors (Lipinski definition) is 5. The van der Waals surface area contributed by atoms with Gasteiger partial charge in [-0.25, -0.2) is 9.59 Å². The molecule has 1 aliphatic rings. The van der Waals surface area contributed by atoms with Crippen molar-refractivity contribution in [2.45, 2.75) is 44.8 Å². The minimum absolute atomic E-state index is 0.0367. The van der Waals surface area contributed by atoms with Gasteiger partial charge in [-0.05, 0) is 79.8 Å². The van der Waals surface area contributed by atoms with Crippen molar-refractivity contribution in [3.05, 3.63) is 125 Å². The molecule has 8 nitrogen and oxygen atoms in total. The quantitative estimate of drug-likeness (QED) is 0.198. The van der Waals surface area contributed by atoms with E-state index in [1.54, 1.807) is 31.4 Å². The molecule has 1 amide bonds. The molecule has 1 heterocycles. The molecular weight excluding hydrogens is 544 g/mol. The molecule has 1 aliphatic carbocycles. The standard InChI is InChI=1S/C35H34N2O6/c1-25-11-13-28(14-12-25)32(38)31-10-5-22-36(31)21-4-9-26-7-3-8-27(23-26)24-37(35(33(39)40)19-6-20-35)34(41)43-30-17-15-29(42-2)16-18-30/h3-5,7-18,22-23H,6,19-21,24H2,1-2H3,(H,39,40)/b9-4+. The average molecular weight is 579 g/mol. The zero-order valence-electron chi connectivity index (χ0n) is 24.2. The first-order chi connectivity index (χ1) is 20.8. The van der Waals surface area contributed by atoms with Gasteiger partial charge in [-0.3, -0.25) is 9.69 Å². The molecule has 0 atom stereocenters. The van der Waals surface area contributed by atoms with Crippen molar-refractivity contribution in [2.24, 2.45) is 0 Å². The molecule has 4 aromatic rings. The molecule has 5 rings (SSSR count). The number of allylic oxidation sites excluding steroid dienone is 1. The Balaban J connectivity index is 1.30. The number of rotatable bonds is 11. The molecule has 0 unspecified atom stereocenters. The normalized spacial score (nSPS) is 13.7. The Bertz CT molecular complexity index is 1630. The molecule has 0 saturated heterocycles. The number of carbonyl (C=O) groups is 3. The van der Waals surface area contributed by atoms with E-state index in [9.17, 15) is 19.5 Å². The van der Waals surface area contributed by atoms with Crippen LogP contribution < -0.4 is 9.47 Å². The smallest absolute Gasteiger partial charge is 0.416 e. The summed E-state index contributed by atoms with van der Waals surface area (Å²) >= 11 is 0. The largest absolute Gasteiger partial charge is 0.497 e. The summed E-state index contributed by atoms with van der Waals surface area (Å²) in [6, 6.07) is 25.4. The highest BCUT2D eigenvalue weighted by molar-refractivity contribution is 6.08. The number of aryl methyl sites for hydroxylation is 1. The Kier molecular flexibility index (Phi) is 8.76. The molecule has 8 heteroatoms. The van der Waals surface area contributed by atoms with Crippen molar-refractivity contribution in [2.75, 3.05) is 7.11 Å². The van der Waals surface area contributed by atoms with E-state index in [1.165, 1.54) is 4.90 Å². The van der Waals surface area contributed by atoms with E-state index in [0.717, 1.165) is 23.1 Å². The molecule has 0 aliphatic heterocycles. The number of amides is 1. The van der Waals surface area contributed by atoms with Crippen LogP contribution in [0.25, 0.3) is 6.08 Å². The molecule has 0 spiro atoms. The third-order valence-electron chi connectivity index (χ3n) is 7.86. The summed E-state index contributed by atoms with van der Waals surface area (Å²) in [4.78, 5) is 40.1. The van der Waals surface area contributed by atoms with Crippen LogP contribution in [-0.4, -0.2) is 45.1 Å². The van der Waals surface area contributed by atoms with E-state index in [0.29, 0.717) is 42.1 Å². The van der Waals surface area contributed by atoms with E-state index < -0.39 is 17.6 Å². The Morgan fingerprint density at radius 1 is 0.953 bits per heavy atom. The number of carbonyl (C=O) groups excluding carboxylic acids is 2. The molecule has 1 N–H and O–H groups in total. The lowest BCUT2D eigenvalue weighted by molar-refractivity contribution is -0.156. The van der Waals surface area contributed by atoms with Crippen LogP contribution in [0.5, 0.6) is 11.5 Å². The Hall–Kier alpha value is -5.11. The number of hydrogen-bond donors (Lipinski definition) is 1. The summed E-state index contributed by atoms with van der Waals surface area (Å²) in [5, 5.41) is 10.1. The monoisotopic (exact) mass is 578 g/mol. The lowest BCUT2D eigenvalue weighted by Crippen LogP contribution is -2.61. The van der Waals surface area contributed by atoms with Crippen LogP contribution in [0.4, 0.5) is 4.79 Å². The van der Waals surface area contributed by atoms with E-state index in [2.05, 4.69) is 0 Å². The first-order valence-electron chi connectivity index (χ1n) is 14.2. The molecule has 220 valence electrons. The van der Waals surface area contributed by atoms with Gasteiger partial charge in [-0.1, -0.05) is 60.2 Å². The van der Waals surface area contributed by atoms with Crippen LogP contribution in [0.15, 0.2) is 97.2 Å². The van der Waals surface area contributed by atoms with Gasteiger partial charge >= 0.3 is 12.1 Å². The maximum atomic E-state index is 13.4. The van der Waals surface area contributed by atoms with E-state index in [-0.39, 0.29) is 12.3 Å². The zero-order valence-corrected chi connectivity index (χ0v) is 24.2. The van der Waals surface area contributed by atoms with Gasteiger partial charge in [-0.15, -0.1) is 0 Å². The topological polar surface area (TPSA) is 98.1 Å². The summed E-state index contributed by atoms with van der Waals surface area (Å²) < 4.78 is 12.7. The fourth-order valence-corrected chi connectivity index (χ4v) is 5.21. The third kappa shape index (κ3) is 6.54. The summed E-state index contributed by atoms with van der Waals surface area (Å²) in [6.45, 7) is 2.56. The molecular formula is C35H34N2O6. The first kappa shape index (κ1) is 29.4. The van der Waals surface area contributed by atoms with Gasteiger partial charge in [0.2, 0.25) is 5.78 Å². The molecule has 0 radical (unpaired) electrons. The third-order valence-corrected chi connectivity index (χ3v) is 7.86. The second-order valence-electron chi connectivity index (χ2n) is 10.7. The SMILES string of the molecule is COc1ccc(OC(=O)N(Cc2cccc(/C=C/Cn3cccc3C(=O)c3ccc(C)cc3)c2)C2(C(=O)O)CCC2)cc1. The van der Waals surface area contributed by atoms with Crippen LogP contribution in [0.1, 0.15) is 52.0 Å². The van der Waals surface area contributed by atoms with Crippen molar-refractivity contribution < 1.29 is 29.0 Å². The maximum absolute atomic E-state index is 13.4. The molecule has 43 heavy (non-hydrogen) atoms. The van der Waals surface area contributed by atoms with Crippen LogP contribution >= 0.6 is 0 Å². The number of benzene rings is 3. The molecule has 0 bridgehead atoms. The Labute approximate surface area is 250 Å². The Morgan fingerprint density at radius 2 is 1.67 bits per heavy atom. The van der Waals surface area contributed by atoms with Crippen LogP contribution in [0.3, 0.4) is 0 Å². The second kappa shape index (κ2) is 12.8. The summed E-state index contributed by atoms with van der Waals surface area (Å²) in [5.74, 6) is -0.152. The highest BCUT2D eigenvalue weighted by atomic mass is 16.6. The fourth-order valence-electron chi connectivity index (χ4n) is 5.21. The summed E-state index contributed by atoms with van der Waals surface area (Å²) in [7, 11) is 1.55. The molecule has 3 aromatic carbocycles. The minimum Gasteiger partial charge on any atom is -0.497 e. The first-order valence-corrected chi connectivity index (χ1v) is 14.2. The van der Waals surface area contributed by atoms with Gasteiger partial charge in [0.25, 0.3) is 0 Å². The van der Waals surface area contributed by atoms with Gasteiger partial charge in [0.1, 0.15) is 17.0 Å². The van der Waals surface area contributed by atoms with Crippen LogP contribution in [0.2, 0.25) is 0 Å². The fraction of sp³-hybridized carbons (Fsp3) is 0.229. The maximum Gasteiger partial charge on any atom is 0.416 e. The van der Waals surface area contributed by atoms with Gasteiger partial charge in [-0.2, -0.15) is 0 Å². The highest BCUT2D eigenvalue weighted by Gasteiger charge is 2.52. The number of ketones is 1. The van der Waals surface area contributed by atoms with Crippen molar-refractivity contribution in [1.29, 1.82) is 0 Å². The summed E-state index contributed by atoms with van der Waals surface area (Å²) in [5.41, 5.74) is 2.69. The number of aliphatic carboxylic acids is 1. The lowest BCUT2D eigenvalue weighted by Gasteiger charge is -2.45. The van der Waals surface area contributed by atoms with E-state index in [4.69, 9.17) is 9.47 Å². The minimum atomic E-state index is -1.32. The second-order valence-corrected chi connectivity index (χ2v) is 10.7. The van der Waals surface area contributed by atoms with Crippen LogP contribution in [-0.2, 0) is 17.9 Å². The number of methoxy groups -OCH3 is 1. The van der Waals surface area contributed by atoms with Crippen molar-refractivity contribution in [3.8, 4) is 11.5 Å². The Morgan fingerprint density at radius 3 is 2.33 bits per heavy atom. The van der Waals surface area contributed by atoms with Gasteiger partial charge in [0.05, 0.1) is 19.3 Å². The predicted molar refractivity (Wildman–Crippen MR) is 163 cm³/mol. The number of aromatic nitrogens is 1. The number of ether oxygens (including phenoxy) is 2. The molecule has 1 saturated carbocycles. The van der Waals surface area contributed by atoms with E-state index in [1.807, 2.05) is 90.5 Å². The molecule has 1 fully saturated rings. The number of carboxylic acids is 1. The lowest BCUT2D eigenvalue weighted by atomic mass is 9.75. The van der Waals surface area contributed by atoms with Gasteiger partial charge in [0, 0.05) is 18.3 Å². The predicted octanol–water partition coefficient (Wildman–Crippen LogP) is 6.76. The van der Waals surface area contributed by atoms with Crippen molar-refractivity contribution in [3.63, 3.8) is 0 Å². The van der Waals surface area contributed by atoms with Crippen molar-refractivity contribution in [1.82, 2.24) is 9.47 Å². The average Bonchev–Trinajstić information content (AvgIpc) is 3.45. The summed E-state index contributed by atoms with van der Waals surface area (Å²) in [6.07, 6.45) is 6.51. The van der Waals surface area contributed by atoms with Crippen molar-refractivity contribution >= 4 is 23.9 Å².